The summed E-state index contributed by atoms with van der Waals surface area (Å²) in [5.41, 5.74) is 2.07. The van der Waals surface area contributed by atoms with E-state index in [-0.39, 0.29) is 5.78 Å². The summed E-state index contributed by atoms with van der Waals surface area (Å²) in [6.07, 6.45) is 1.79. The van der Waals surface area contributed by atoms with Crippen LogP contribution < -0.4 is 5.32 Å². The van der Waals surface area contributed by atoms with Crippen molar-refractivity contribution in [3.63, 3.8) is 0 Å². The molecule has 1 aromatic rings. The lowest BCUT2D eigenvalue weighted by Crippen LogP contribution is -2.09. The van der Waals surface area contributed by atoms with Gasteiger partial charge in [-0.25, -0.2) is 0 Å². The summed E-state index contributed by atoms with van der Waals surface area (Å²) in [4.78, 5) is 11.2. The molecule has 0 bridgehead atoms. The van der Waals surface area contributed by atoms with Gasteiger partial charge in [0.15, 0.2) is 5.78 Å². The number of allylic oxidation sites excluding steroid dienone is 1. The van der Waals surface area contributed by atoms with Crippen LogP contribution in [0, 0.1) is 0 Å². The molecular formula is C13H17NO. The number of hydrogen-bond donors (Lipinski definition) is 1. The highest BCUT2D eigenvalue weighted by Gasteiger charge is 2.01. The number of anilines is 1. The Hall–Kier alpha value is -1.57. The van der Waals surface area contributed by atoms with Crippen LogP contribution in [0.1, 0.15) is 19.4 Å². The molecule has 0 aliphatic rings. The number of ketones is 1. The van der Waals surface area contributed by atoms with Crippen LogP contribution in [0.5, 0.6) is 0 Å². The zero-order valence-corrected chi connectivity index (χ0v) is 9.29. The maximum atomic E-state index is 11.2. The largest absolute Gasteiger partial charge is 0.383 e. The molecule has 0 aliphatic carbocycles. The third-order valence-corrected chi connectivity index (χ3v) is 1.99. The van der Waals surface area contributed by atoms with Gasteiger partial charge in [-0.3, -0.25) is 4.79 Å². The first-order valence-corrected chi connectivity index (χ1v) is 5.12. The lowest BCUT2D eigenvalue weighted by molar-refractivity contribution is -0.114. The standard InChI is InChI=1S/C13H17NO/c1-4-13(15)9-11-6-5-7-12(8-11)14-10(2)3/h4-8,10,14H,1,9H2,2-3H3. The fourth-order valence-electron chi connectivity index (χ4n) is 1.38. The van der Waals surface area contributed by atoms with E-state index >= 15 is 0 Å². The fraction of sp³-hybridized carbons (Fsp3) is 0.308. The van der Waals surface area contributed by atoms with Gasteiger partial charge in [0.05, 0.1) is 0 Å². The summed E-state index contributed by atoms with van der Waals surface area (Å²) in [7, 11) is 0. The number of benzene rings is 1. The van der Waals surface area contributed by atoms with Crippen molar-refractivity contribution >= 4 is 11.5 Å². The van der Waals surface area contributed by atoms with Gasteiger partial charge in [-0.05, 0) is 37.6 Å². The van der Waals surface area contributed by atoms with Gasteiger partial charge >= 0.3 is 0 Å². The van der Waals surface area contributed by atoms with Gasteiger partial charge in [0.1, 0.15) is 0 Å². The second kappa shape index (κ2) is 5.35. The molecule has 0 saturated carbocycles. The predicted octanol–water partition coefficient (Wildman–Crippen LogP) is 2.80. The second-order valence-corrected chi connectivity index (χ2v) is 3.85. The molecule has 15 heavy (non-hydrogen) atoms. The number of rotatable bonds is 5. The van der Waals surface area contributed by atoms with E-state index in [1.165, 1.54) is 6.08 Å². The Bertz CT molecular complexity index is 355. The van der Waals surface area contributed by atoms with Crippen molar-refractivity contribution in [3.8, 4) is 0 Å². The molecule has 2 heteroatoms. The van der Waals surface area contributed by atoms with Crippen molar-refractivity contribution in [1.82, 2.24) is 0 Å². The summed E-state index contributed by atoms with van der Waals surface area (Å²) in [5, 5.41) is 3.30. The highest BCUT2D eigenvalue weighted by atomic mass is 16.1. The zero-order valence-electron chi connectivity index (χ0n) is 9.29. The molecule has 80 valence electrons. The maximum absolute atomic E-state index is 11.2. The molecule has 0 spiro atoms. The molecule has 0 unspecified atom stereocenters. The third kappa shape index (κ3) is 3.98. The van der Waals surface area contributed by atoms with Crippen LogP contribution in [0.15, 0.2) is 36.9 Å². The Kier molecular flexibility index (Phi) is 4.10. The van der Waals surface area contributed by atoms with Crippen molar-refractivity contribution in [2.45, 2.75) is 26.3 Å². The summed E-state index contributed by atoms with van der Waals surface area (Å²) >= 11 is 0. The van der Waals surface area contributed by atoms with Crippen LogP contribution in [0.2, 0.25) is 0 Å². The Balaban J connectivity index is 2.73. The van der Waals surface area contributed by atoms with E-state index in [1.54, 1.807) is 0 Å². The van der Waals surface area contributed by atoms with Crippen LogP contribution in [0.25, 0.3) is 0 Å². The van der Waals surface area contributed by atoms with Crippen molar-refractivity contribution in [2.24, 2.45) is 0 Å². The molecule has 1 aromatic carbocycles. The lowest BCUT2D eigenvalue weighted by atomic mass is 10.1. The van der Waals surface area contributed by atoms with Crippen LogP contribution in [-0.4, -0.2) is 11.8 Å². The van der Waals surface area contributed by atoms with E-state index in [1.807, 2.05) is 24.3 Å². The van der Waals surface area contributed by atoms with E-state index in [0.717, 1.165) is 11.3 Å². The normalized spacial score (nSPS) is 10.1. The van der Waals surface area contributed by atoms with Crippen LogP contribution in [-0.2, 0) is 11.2 Å². The highest BCUT2D eigenvalue weighted by molar-refractivity contribution is 5.90. The highest BCUT2D eigenvalue weighted by Crippen LogP contribution is 2.12. The molecule has 0 atom stereocenters. The number of carbonyl (C=O) groups is 1. The molecule has 0 heterocycles. The Morgan fingerprint density at radius 3 is 2.87 bits per heavy atom. The monoisotopic (exact) mass is 203 g/mol. The Morgan fingerprint density at radius 1 is 1.53 bits per heavy atom. The van der Waals surface area contributed by atoms with Gasteiger partial charge in [-0.2, -0.15) is 0 Å². The molecule has 0 aromatic heterocycles. The molecule has 2 nitrogen and oxygen atoms in total. The summed E-state index contributed by atoms with van der Waals surface area (Å²) in [6.45, 7) is 7.63. The number of nitrogens with one attached hydrogen (secondary N) is 1. The SMILES string of the molecule is C=CC(=O)Cc1cccc(NC(C)C)c1. The van der Waals surface area contributed by atoms with E-state index in [2.05, 4.69) is 25.7 Å². The van der Waals surface area contributed by atoms with Gasteiger partial charge in [0.2, 0.25) is 0 Å². The topological polar surface area (TPSA) is 29.1 Å². The first-order chi connectivity index (χ1) is 7.11. The van der Waals surface area contributed by atoms with Crippen molar-refractivity contribution in [2.75, 3.05) is 5.32 Å². The van der Waals surface area contributed by atoms with Gasteiger partial charge < -0.3 is 5.32 Å². The molecule has 0 fully saturated rings. The molecule has 1 rings (SSSR count). The van der Waals surface area contributed by atoms with Gasteiger partial charge in [0, 0.05) is 18.2 Å². The second-order valence-electron chi connectivity index (χ2n) is 3.85. The smallest absolute Gasteiger partial charge is 0.159 e. The van der Waals surface area contributed by atoms with E-state index in [0.29, 0.717) is 12.5 Å². The van der Waals surface area contributed by atoms with Gasteiger partial charge in [0.25, 0.3) is 0 Å². The molecule has 0 saturated heterocycles. The average Bonchev–Trinajstić information content (AvgIpc) is 2.17. The molecule has 1 N–H and O–H groups in total. The van der Waals surface area contributed by atoms with Crippen LogP contribution in [0.3, 0.4) is 0 Å². The minimum absolute atomic E-state index is 0.0525. The van der Waals surface area contributed by atoms with Crippen molar-refractivity contribution < 1.29 is 4.79 Å². The summed E-state index contributed by atoms with van der Waals surface area (Å²) in [6, 6.07) is 8.31. The molecular weight excluding hydrogens is 186 g/mol. The summed E-state index contributed by atoms with van der Waals surface area (Å²) < 4.78 is 0. The summed E-state index contributed by atoms with van der Waals surface area (Å²) in [5.74, 6) is 0.0525. The maximum Gasteiger partial charge on any atom is 0.159 e. The van der Waals surface area contributed by atoms with E-state index < -0.39 is 0 Å². The minimum Gasteiger partial charge on any atom is -0.383 e. The van der Waals surface area contributed by atoms with Gasteiger partial charge in [-0.1, -0.05) is 18.7 Å². The number of carbonyl (C=O) groups excluding carboxylic acids is 1. The molecule has 0 aliphatic heterocycles. The Morgan fingerprint density at radius 2 is 2.27 bits per heavy atom. The average molecular weight is 203 g/mol. The minimum atomic E-state index is 0.0525. The lowest BCUT2D eigenvalue weighted by Gasteiger charge is -2.10. The third-order valence-electron chi connectivity index (χ3n) is 1.99. The van der Waals surface area contributed by atoms with Crippen molar-refractivity contribution in [1.29, 1.82) is 0 Å². The predicted molar refractivity (Wildman–Crippen MR) is 64.1 cm³/mol. The fourth-order valence-corrected chi connectivity index (χ4v) is 1.38. The molecule has 0 amide bonds. The quantitative estimate of drug-likeness (QED) is 0.745. The zero-order chi connectivity index (χ0) is 11.3. The van der Waals surface area contributed by atoms with Gasteiger partial charge in [-0.15, -0.1) is 0 Å². The van der Waals surface area contributed by atoms with Crippen LogP contribution >= 0.6 is 0 Å². The first kappa shape index (κ1) is 11.5. The van der Waals surface area contributed by atoms with E-state index in [4.69, 9.17) is 0 Å². The Labute approximate surface area is 91.0 Å². The molecule has 0 radical (unpaired) electrons. The number of hydrogen-bond acceptors (Lipinski definition) is 2. The van der Waals surface area contributed by atoms with Crippen LogP contribution in [0.4, 0.5) is 5.69 Å². The van der Waals surface area contributed by atoms with E-state index in [9.17, 15) is 4.79 Å². The first-order valence-electron chi connectivity index (χ1n) is 5.12. The van der Waals surface area contributed by atoms with Crippen molar-refractivity contribution in [3.05, 3.63) is 42.5 Å².